The van der Waals surface area contributed by atoms with E-state index in [2.05, 4.69) is 35.8 Å². The number of nitrogens with one attached hydrogen (secondary N) is 3. The second-order valence-corrected chi connectivity index (χ2v) is 7.42. The molecule has 0 radical (unpaired) electrons. The number of pyridine rings is 1. The van der Waals surface area contributed by atoms with Crippen LogP contribution in [0.4, 0.5) is 23.3 Å². The molecule has 1 aromatic carbocycles. The summed E-state index contributed by atoms with van der Waals surface area (Å²) in [6.07, 6.45) is 3.22. The van der Waals surface area contributed by atoms with Gasteiger partial charge in [-0.1, -0.05) is 29.3 Å². The highest BCUT2D eigenvalue weighted by atomic mass is 35.5. The number of hydrogen-bond donors (Lipinski definition) is 3. The van der Waals surface area contributed by atoms with Crippen molar-refractivity contribution in [1.82, 2.24) is 19.9 Å². The standard InChI is InChI=1S/C20H21Cl2N7O/c1-29(2)11-10-25-20-24-9-7-16(28-20)27-17-12-13(6-8-23-17)26-19(30)18-14(21)4-3-5-15(18)22/h3-9,12H,10-11H2,1-2H3,(H3,23,24,25,26,27,28,30). The van der Waals surface area contributed by atoms with E-state index in [1.807, 2.05) is 14.1 Å². The molecule has 0 atom stereocenters. The van der Waals surface area contributed by atoms with Crippen LogP contribution in [-0.2, 0) is 0 Å². The highest BCUT2D eigenvalue weighted by Gasteiger charge is 2.15. The fourth-order valence-corrected chi connectivity index (χ4v) is 3.09. The van der Waals surface area contributed by atoms with Crippen LogP contribution in [0.15, 0.2) is 48.8 Å². The predicted octanol–water partition coefficient (Wildman–Crippen LogP) is 4.15. The Hall–Kier alpha value is -2.94. The number of rotatable bonds is 8. The summed E-state index contributed by atoms with van der Waals surface area (Å²) >= 11 is 12.2. The first-order valence-corrected chi connectivity index (χ1v) is 9.88. The average Bonchev–Trinajstić information content (AvgIpc) is 2.68. The van der Waals surface area contributed by atoms with E-state index in [9.17, 15) is 4.79 Å². The number of likely N-dealkylation sites (N-methyl/N-ethyl adjacent to an activating group) is 1. The van der Waals surface area contributed by atoms with Crippen molar-refractivity contribution in [2.24, 2.45) is 0 Å². The van der Waals surface area contributed by atoms with Gasteiger partial charge in [-0.05, 0) is 38.4 Å². The summed E-state index contributed by atoms with van der Waals surface area (Å²) in [4.78, 5) is 27.5. The first-order valence-electron chi connectivity index (χ1n) is 9.12. The van der Waals surface area contributed by atoms with E-state index in [1.165, 1.54) is 0 Å². The number of halogens is 2. The van der Waals surface area contributed by atoms with Gasteiger partial charge < -0.3 is 20.9 Å². The molecule has 0 bridgehead atoms. The van der Waals surface area contributed by atoms with Gasteiger partial charge in [0.05, 0.1) is 15.6 Å². The van der Waals surface area contributed by atoms with Gasteiger partial charge in [-0.2, -0.15) is 4.98 Å². The van der Waals surface area contributed by atoms with Crippen molar-refractivity contribution in [3.05, 3.63) is 64.4 Å². The second-order valence-electron chi connectivity index (χ2n) is 6.60. The van der Waals surface area contributed by atoms with E-state index in [0.29, 0.717) is 23.3 Å². The van der Waals surface area contributed by atoms with Crippen molar-refractivity contribution in [3.63, 3.8) is 0 Å². The summed E-state index contributed by atoms with van der Waals surface area (Å²) in [5.74, 6) is 1.19. The topological polar surface area (TPSA) is 95.1 Å². The summed E-state index contributed by atoms with van der Waals surface area (Å²) in [7, 11) is 4.00. The first kappa shape index (κ1) is 21.8. The van der Waals surface area contributed by atoms with Gasteiger partial charge >= 0.3 is 0 Å². The zero-order valence-corrected chi connectivity index (χ0v) is 18.0. The Morgan fingerprint density at radius 3 is 2.50 bits per heavy atom. The molecule has 0 spiro atoms. The van der Waals surface area contributed by atoms with Gasteiger partial charge in [0.1, 0.15) is 11.6 Å². The van der Waals surface area contributed by atoms with Crippen LogP contribution in [0.1, 0.15) is 10.4 Å². The zero-order chi connectivity index (χ0) is 21.5. The van der Waals surface area contributed by atoms with Gasteiger partial charge in [0.15, 0.2) is 0 Å². The third-order valence-electron chi connectivity index (χ3n) is 3.96. The van der Waals surface area contributed by atoms with Gasteiger partial charge in [-0.15, -0.1) is 0 Å². The number of carbonyl (C=O) groups is 1. The number of nitrogens with zero attached hydrogens (tertiary/aromatic N) is 4. The molecule has 3 aromatic rings. The number of amides is 1. The van der Waals surface area contributed by atoms with Crippen LogP contribution in [0.25, 0.3) is 0 Å². The van der Waals surface area contributed by atoms with E-state index in [-0.39, 0.29) is 15.6 Å². The normalized spacial score (nSPS) is 10.7. The Morgan fingerprint density at radius 1 is 1.03 bits per heavy atom. The lowest BCUT2D eigenvalue weighted by molar-refractivity contribution is 0.102. The summed E-state index contributed by atoms with van der Waals surface area (Å²) < 4.78 is 0. The monoisotopic (exact) mass is 445 g/mol. The maximum atomic E-state index is 12.6. The summed E-state index contributed by atoms with van der Waals surface area (Å²) in [5.41, 5.74) is 0.753. The fourth-order valence-electron chi connectivity index (χ4n) is 2.52. The Labute approximate surface area is 184 Å². The molecule has 0 aliphatic carbocycles. The van der Waals surface area contributed by atoms with E-state index >= 15 is 0 Å². The molecule has 3 rings (SSSR count). The Balaban J connectivity index is 1.68. The van der Waals surface area contributed by atoms with Crippen LogP contribution >= 0.6 is 23.2 Å². The van der Waals surface area contributed by atoms with Gasteiger partial charge in [-0.3, -0.25) is 4.79 Å². The van der Waals surface area contributed by atoms with Crippen molar-refractivity contribution in [1.29, 1.82) is 0 Å². The summed E-state index contributed by atoms with van der Waals surface area (Å²) in [5, 5.41) is 9.60. The van der Waals surface area contributed by atoms with E-state index < -0.39 is 5.91 Å². The SMILES string of the molecule is CN(C)CCNc1nccc(Nc2cc(NC(=O)c3c(Cl)cccc3Cl)ccn2)n1. The molecule has 0 fully saturated rings. The summed E-state index contributed by atoms with van der Waals surface area (Å²) in [6.45, 7) is 1.58. The molecule has 1 amide bonds. The maximum Gasteiger partial charge on any atom is 0.258 e. The molecule has 0 aliphatic rings. The average molecular weight is 446 g/mol. The van der Waals surface area contributed by atoms with Crippen LogP contribution < -0.4 is 16.0 Å². The molecule has 3 N–H and O–H groups in total. The molecule has 10 heteroatoms. The van der Waals surface area contributed by atoms with Crippen molar-refractivity contribution in [2.75, 3.05) is 43.1 Å². The van der Waals surface area contributed by atoms with Gasteiger partial charge in [0, 0.05) is 37.2 Å². The number of benzene rings is 1. The molecule has 0 saturated heterocycles. The van der Waals surface area contributed by atoms with Crippen molar-refractivity contribution < 1.29 is 4.79 Å². The van der Waals surface area contributed by atoms with Crippen molar-refractivity contribution >= 4 is 52.4 Å². The molecule has 0 aliphatic heterocycles. The molecule has 8 nitrogen and oxygen atoms in total. The van der Waals surface area contributed by atoms with E-state index in [4.69, 9.17) is 23.2 Å². The Morgan fingerprint density at radius 2 is 1.77 bits per heavy atom. The second kappa shape index (κ2) is 10.2. The number of hydrogen-bond acceptors (Lipinski definition) is 7. The minimum Gasteiger partial charge on any atom is -0.353 e. The molecule has 30 heavy (non-hydrogen) atoms. The first-order chi connectivity index (χ1) is 14.4. The summed E-state index contributed by atoms with van der Waals surface area (Å²) in [6, 6.07) is 9.99. The molecular formula is C20H21Cl2N7O. The minimum absolute atomic E-state index is 0.219. The fraction of sp³-hybridized carbons (Fsp3) is 0.200. The number of carbonyl (C=O) groups excluding carboxylic acids is 1. The number of anilines is 4. The van der Waals surface area contributed by atoms with E-state index in [1.54, 1.807) is 48.8 Å². The minimum atomic E-state index is -0.405. The Bertz CT molecular complexity index is 1010. The van der Waals surface area contributed by atoms with Crippen LogP contribution in [0.5, 0.6) is 0 Å². The molecule has 2 aromatic heterocycles. The Kier molecular flexibility index (Phi) is 7.40. The molecule has 2 heterocycles. The highest BCUT2D eigenvalue weighted by molar-refractivity contribution is 6.40. The maximum absolute atomic E-state index is 12.6. The lowest BCUT2D eigenvalue weighted by Gasteiger charge is -2.12. The van der Waals surface area contributed by atoms with Gasteiger partial charge in [0.25, 0.3) is 5.91 Å². The quantitative estimate of drug-likeness (QED) is 0.479. The van der Waals surface area contributed by atoms with Crippen molar-refractivity contribution in [2.45, 2.75) is 0 Å². The largest absolute Gasteiger partial charge is 0.353 e. The third kappa shape index (κ3) is 6.03. The predicted molar refractivity (Wildman–Crippen MR) is 121 cm³/mol. The molecular weight excluding hydrogens is 425 g/mol. The molecule has 156 valence electrons. The third-order valence-corrected chi connectivity index (χ3v) is 4.59. The van der Waals surface area contributed by atoms with E-state index in [0.717, 1.165) is 13.1 Å². The molecule has 0 saturated carbocycles. The highest BCUT2D eigenvalue weighted by Crippen LogP contribution is 2.25. The van der Waals surface area contributed by atoms with Crippen LogP contribution in [0, 0.1) is 0 Å². The lowest BCUT2D eigenvalue weighted by atomic mass is 10.2. The zero-order valence-electron chi connectivity index (χ0n) is 16.5. The lowest BCUT2D eigenvalue weighted by Crippen LogP contribution is -2.21. The van der Waals surface area contributed by atoms with Crippen LogP contribution in [0.3, 0.4) is 0 Å². The van der Waals surface area contributed by atoms with Crippen LogP contribution in [0.2, 0.25) is 10.0 Å². The molecule has 0 unspecified atom stereocenters. The van der Waals surface area contributed by atoms with Gasteiger partial charge in [-0.25, -0.2) is 9.97 Å². The smallest absolute Gasteiger partial charge is 0.258 e. The van der Waals surface area contributed by atoms with Gasteiger partial charge in [0.2, 0.25) is 5.95 Å². The van der Waals surface area contributed by atoms with Crippen molar-refractivity contribution in [3.8, 4) is 0 Å². The number of aromatic nitrogens is 3. The van der Waals surface area contributed by atoms with Crippen LogP contribution in [-0.4, -0.2) is 52.9 Å².